The Balaban J connectivity index is 1.84. The van der Waals surface area contributed by atoms with E-state index in [4.69, 9.17) is 9.63 Å². The van der Waals surface area contributed by atoms with Crippen LogP contribution in [0.15, 0.2) is 16.0 Å². The standard InChI is InChI=1S/C11H13N3O3S/c1-7-4-9(14-17-7)5-12-11-13-8(6-18-11)2-3-10(15)16/h4,6H,2-3,5H2,1H3,(H,12,13)(H,15,16). The van der Waals surface area contributed by atoms with E-state index < -0.39 is 5.97 Å². The molecule has 0 unspecified atom stereocenters. The highest BCUT2D eigenvalue weighted by atomic mass is 32.1. The van der Waals surface area contributed by atoms with Gasteiger partial charge < -0.3 is 14.9 Å². The van der Waals surface area contributed by atoms with Gasteiger partial charge in [0.05, 0.1) is 18.7 Å². The van der Waals surface area contributed by atoms with E-state index in [1.807, 2.05) is 18.4 Å². The van der Waals surface area contributed by atoms with E-state index in [1.165, 1.54) is 11.3 Å². The molecular weight excluding hydrogens is 254 g/mol. The molecule has 2 N–H and O–H groups in total. The van der Waals surface area contributed by atoms with Gasteiger partial charge in [-0.3, -0.25) is 4.79 Å². The average Bonchev–Trinajstić information content (AvgIpc) is 2.93. The number of carbonyl (C=O) groups is 1. The summed E-state index contributed by atoms with van der Waals surface area (Å²) in [5.41, 5.74) is 1.61. The van der Waals surface area contributed by atoms with E-state index >= 15 is 0 Å². The van der Waals surface area contributed by atoms with Crippen molar-refractivity contribution in [2.24, 2.45) is 0 Å². The van der Waals surface area contributed by atoms with E-state index in [2.05, 4.69) is 15.5 Å². The van der Waals surface area contributed by atoms with Gasteiger partial charge in [0.2, 0.25) is 0 Å². The zero-order valence-electron chi connectivity index (χ0n) is 9.84. The smallest absolute Gasteiger partial charge is 0.303 e. The molecule has 0 atom stereocenters. The molecular formula is C11H13N3O3S. The fourth-order valence-electron chi connectivity index (χ4n) is 1.41. The summed E-state index contributed by atoms with van der Waals surface area (Å²) in [6, 6.07) is 1.85. The van der Waals surface area contributed by atoms with Crippen LogP contribution in [0.3, 0.4) is 0 Å². The van der Waals surface area contributed by atoms with Crippen molar-refractivity contribution in [2.75, 3.05) is 5.32 Å². The second-order valence-corrected chi connectivity index (χ2v) is 4.68. The number of aryl methyl sites for hydroxylation is 2. The van der Waals surface area contributed by atoms with Gasteiger partial charge >= 0.3 is 5.97 Å². The van der Waals surface area contributed by atoms with Gasteiger partial charge in [0, 0.05) is 17.9 Å². The third kappa shape index (κ3) is 3.56. The molecule has 0 aliphatic rings. The van der Waals surface area contributed by atoms with Crippen molar-refractivity contribution in [3.8, 4) is 0 Å². The second kappa shape index (κ2) is 5.63. The summed E-state index contributed by atoms with van der Waals surface area (Å²) >= 11 is 1.45. The Morgan fingerprint density at radius 3 is 3.06 bits per heavy atom. The highest BCUT2D eigenvalue weighted by Crippen LogP contribution is 2.17. The zero-order valence-corrected chi connectivity index (χ0v) is 10.7. The molecule has 2 aromatic heterocycles. The molecule has 0 aliphatic heterocycles. The third-order valence-electron chi connectivity index (χ3n) is 2.24. The Morgan fingerprint density at radius 1 is 1.56 bits per heavy atom. The molecule has 0 amide bonds. The molecule has 2 rings (SSSR count). The molecule has 7 heteroatoms. The number of rotatable bonds is 6. The first-order chi connectivity index (χ1) is 8.63. The minimum atomic E-state index is -0.810. The number of aliphatic carboxylic acids is 1. The van der Waals surface area contributed by atoms with Gasteiger partial charge in [-0.05, 0) is 6.92 Å². The number of anilines is 1. The zero-order chi connectivity index (χ0) is 13.0. The average molecular weight is 267 g/mol. The molecule has 2 aromatic rings. The summed E-state index contributed by atoms with van der Waals surface area (Å²) in [6.07, 6.45) is 0.558. The molecule has 0 fully saturated rings. The Bertz CT molecular complexity index is 535. The lowest BCUT2D eigenvalue weighted by molar-refractivity contribution is -0.136. The summed E-state index contributed by atoms with van der Waals surface area (Å²) in [5, 5.41) is 18.2. The monoisotopic (exact) mass is 267 g/mol. The Labute approximate surface area is 108 Å². The van der Waals surface area contributed by atoms with Gasteiger partial charge in [-0.25, -0.2) is 4.98 Å². The summed E-state index contributed by atoms with van der Waals surface area (Å²) in [7, 11) is 0. The molecule has 0 radical (unpaired) electrons. The number of thiazole rings is 1. The first kappa shape index (κ1) is 12.6. The van der Waals surface area contributed by atoms with Crippen LogP contribution >= 0.6 is 11.3 Å². The molecule has 6 nitrogen and oxygen atoms in total. The van der Waals surface area contributed by atoms with E-state index in [0.717, 1.165) is 22.3 Å². The molecule has 0 saturated carbocycles. The Hall–Kier alpha value is -1.89. The highest BCUT2D eigenvalue weighted by molar-refractivity contribution is 7.13. The molecule has 0 saturated heterocycles. The Morgan fingerprint density at radius 2 is 2.39 bits per heavy atom. The lowest BCUT2D eigenvalue weighted by Crippen LogP contribution is -2.00. The molecule has 0 spiro atoms. The SMILES string of the molecule is Cc1cc(CNc2nc(CCC(=O)O)cs2)no1. The van der Waals surface area contributed by atoms with E-state index in [-0.39, 0.29) is 6.42 Å². The second-order valence-electron chi connectivity index (χ2n) is 3.82. The van der Waals surface area contributed by atoms with E-state index in [0.29, 0.717) is 13.0 Å². The highest BCUT2D eigenvalue weighted by Gasteiger charge is 2.05. The molecule has 18 heavy (non-hydrogen) atoms. The van der Waals surface area contributed by atoms with Gasteiger partial charge in [-0.2, -0.15) is 0 Å². The van der Waals surface area contributed by atoms with Gasteiger partial charge in [-0.15, -0.1) is 11.3 Å². The van der Waals surface area contributed by atoms with E-state index in [1.54, 1.807) is 0 Å². The first-order valence-corrected chi connectivity index (χ1v) is 6.33. The summed E-state index contributed by atoms with van der Waals surface area (Å²) in [4.78, 5) is 14.7. The first-order valence-electron chi connectivity index (χ1n) is 5.46. The van der Waals surface area contributed by atoms with Crippen LogP contribution in [0, 0.1) is 6.92 Å². The van der Waals surface area contributed by atoms with Crippen LogP contribution in [0.2, 0.25) is 0 Å². The molecule has 2 heterocycles. The van der Waals surface area contributed by atoms with Crippen molar-refractivity contribution in [3.05, 3.63) is 28.6 Å². The summed E-state index contributed by atoms with van der Waals surface area (Å²) in [6.45, 7) is 2.38. The molecule has 0 aromatic carbocycles. The Kier molecular flexibility index (Phi) is 3.93. The molecule has 0 aliphatic carbocycles. The third-order valence-corrected chi connectivity index (χ3v) is 3.09. The molecule has 0 bridgehead atoms. The number of nitrogens with zero attached hydrogens (tertiary/aromatic N) is 2. The van der Waals surface area contributed by atoms with Gasteiger partial charge in [0.15, 0.2) is 5.13 Å². The van der Waals surface area contributed by atoms with Gasteiger partial charge in [-0.1, -0.05) is 5.16 Å². The number of hydrogen-bond donors (Lipinski definition) is 2. The van der Waals surface area contributed by atoms with Crippen molar-refractivity contribution >= 4 is 22.4 Å². The van der Waals surface area contributed by atoms with Crippen LogP contribution in [0.5, 0.6) is 0 Å². The van der Waals surface area contributed by atoms with Crippen molar-refractivity contribution in [1.82, 2.24) is 10.1 Å². The van der Waals surface area contributed by atoms with E-state index in [9.17, 15) is 4.79 Å². The quantitative estimate of drug-likeness (QED) is 0.833. The number of carboxylic acids is 1. The maximum atomic E-state index is 10.4. The van der Waals surface area contributed by atoms with Crippen LogP contribution in [-0.2, 0) is 17.8 Å². The lowest BCUT2D eigenvalue weighted by Gasteiger charge is -1.97. The topological polar surface area (TPSA) is 88.2 Å². The maximum Gasteiger partial charge on any atom is 0.303 e. The molecule has 96 valence electrons. The van der Waals surface area contributed by atoms with Crippen LogP contribution in [-0.4, -0.2) is 21.2 Å². The predicted molar refractivity (Wildman–Crippen MR) is 66.6 cm³/mol. The summed E-state index contributed by atoms with van der Waals surface area (Å²) < 4.78 is 4.95. The van der Waals surface area contributed by atoms with Crippen LogP contribution in [0.4, 0.5) is 5.13 Å². The largest absolute Gasteiger partial charge is 0.481 e. The minimum absolute atomic E-state index is 0.103. The van der Waals surface area contributed by atoms with Crippen molar-refractivity contribution in [2.45, 2.75) is 26.3 Å². The fourth-order valence-corrected chi connectivity index (χ4v) is 2.15. The fraction of sp³-hybridized carbons (Fsp3) is 0.364. The number of aromatic nitrogens is 2. The maximum absolute atomic E-state index is 10.4. The lowest BCUT2D eigenvalue weighted by atomic mass is 10.2. The van der Waals surface area contributed by atoms with Crippen molar-refractivity contribution < 1.29 is 14.4 Å². The van der Waals surface area contributed by atoms with Crippen LogP contribution in [0.25, 0.3) is 0 Å². The van der Waals surface area contributed by atoms with Crippen LogP contribution < -0.4 is 5.32 Å². The normalized spacial score (nSPS) is 10.5. The van der Waals surface area contributed by atoms with Crippen LogP contribution in [0.1, 0.15) is 23.6 Å². The van der Waals surface area contributed by atoms with Gasteiger partial charge in [0.1, 0.15) is 11.5 Å². The van der Waals surface area contributed by atoms with Crippen molar-refractivity contribution in [3.63, 3.8) is 0 Å². The number of nitrogens with one attached hydrogen (secondary N) is 1. The summed E-state index contributed by atoms with van der Waals surface area (Å²) in [5.74, 6) is -0.0383. The minimum Gasteiger partial charge on any atom is -0.481 e. The number of hydrogen-bond acceptors (Lipinski definition) is 6. The predicted octanol–water partition coefficient (Wildman–Crippen LogP) is 2.07. The number of carboxylic acid groups (broad SMARTS) is 1. The van der Waals surface area contributed by atoms with Crippen molar-refractivity contribution in [1.29, 1.82) is 0 Å². The van der Waals surface area contributed by atoms with Gasteiger partial charge in [0.25, 0.3) is 0 Å².